The standard InChI is InChI=1S/C10H20N4O2S/c1-5-6-14(8(2)3)17(15,16)9-7-13(4)12-10(9)11/h7-8H,5-6H2,1-4H3,(H2,11,12). The Labute approximate surface area is 102 Å². The van der Waals surface area contributed by atoms with E-state index in [-0.39, 0.29) is 16.8 Å². The first-order chi connectivity index (χ1) is 7.80. The summed E-state index contributed by atoms with van der Waals surface area (Å²) >= 11 is 0. The molecule has 1 aromatic heterocycles. The second-order valence-corrected chi connectivity index (χ2v) is 6.12. The number of nitrogens with two attached hydrogens (primary N) is 1. The molecule has 6 nitrogen and oxygen atoms in total. The Balaban J connectivity index is 3.21. The maximum atomic E-state index is 12.4. The number of sulfonamides is 1. The highest BCUT2D eigenvalue weighted by Crippen LogP contribution is 2.22. The van der Waals surface area contributed by atoms with Crippen LogP contribution in [0.5, 0.6) is 0 Å². The van der Waals surface area contributed by atoms with Crippen LogP contribution >= 0.6 is 0 Å². The molecule has 2 N–H and O–H groups in total. The largest absolute Gasteiger partial charge is 0.381 e. The van der Waals surface area contributed by atoms with Crippen LogP contribution in [0.4, 0.5) is 5.82 Å². The fraction of sp³-hybridized carbons (Fsp3) is 0.700. The van der Waals surface area contributed by atoms with E-state index in [2.05, 4.69) is 5.10 Å². The highest BCUT2D eigenvalue weighted by molar-refractivity contribution is 7.89. The molecule has 17 heavy (non-hydrogen) atoms. The van der Waals surface area contributed by atoms with Crippen molar-refractivity contribution in [3.63, 3.8) is 0 Å². The fourth-order valence-corrected chi connectivity index (χ4v) is 3.51. The summed E-state index contributed by atoms with van der Waals surface area (Å²) < 4.78 is 27.6. The highest BCUT2D eigenvalue weighted by atomic mass is 32.2. The molecule has 0 spiro atoms. The van der Waals surface area contributed by atoms with Crippen molar-refractivity contribution in [1.29, 1.82) is 0 Å². The molecule has 0 atom stereocenters. The average Bonchev–Trinajstić information content (AvgIpc) is 2.54. The molecule has 0 aliphatic rings. The van der Waals surface area contributed by atoms with E-state index in [9.17, 15) is 8.42 Å². The number of hydrogen-bond donors (Lipinski definition) is 1. The lowest BCUT2D eigenvalue weighted by molar-refractivity contribution is 0.354. The van der Waals surface area contributed by atoms with Gasteiger partial charge in [0.1, 0.15) is 4.90 Å². The van der Waals surface area contributed by atoms with Crippen molar-refractivity contribution in [2.45, 2.75) is 38.1 Å². The van der Waals surface area contributed by atoms with Crippen molar-refractivity contribution in [2.75, 3.05) is 12.3 Å². The number of nitrogen functional groups attached to an aromatic ring is 1. The van der Waals surface area contributed by atoms with E-state index in [0.717, 1.165) is 6.42 Å². The van der Waals surface area contributed by atoms with Gasteiger partial charge < -0.3 is 5.73 Å². The third-order valence-electron chi connectivity index (χ3n) is 2.43. The van der Waals surface area contributed by atoms with Crippen molar-refractivity contribution < 1.29 is 8.42 Å². The molecule has 0 saturated carbocycles. The smallest absolute Gasteiger partial charge is 0.248 e. The van der Waals surface area contributed by atoms with Gasteiger partial charge >= 0.3 is 0 Å². The van der Waals surface area contributed by atoms with Crippen LogP contribution in [-0.2, 0) is 17.1 Å². The molecule has 0 saturated heterocycles. The summed E-state index contributed by atoms with van der Waals surface area (Å²) in [5, 5.41) is 3.87. The molecule has 1 heterocycles. The maximum Gasteiger partial charge on any atom is 0.248 e. The van der Waals surface area contributed by atoms with Crippen molar-refractivity contribution in [3.05, 3.63) is 6.20 Å². The summed E-state index contributed by atoms with van der Waals surface area (Å²) in [7, 11) is -1.90. The van der Waals surface area contributed by atoms with E-state index in [0.29, 0.717) is 6.54 Å². The van der Waals surface area contributed by atoms with Gasteiger partial charge in [0, 0.05) is 25.8 Å². The molecular weight excluding hydrogens is 240 g/mol. The Bertz CT molecular complexity index is 478. The van der Waals surface area contributed by atoms with E-state index in [1.807, 2.05) is 20.8 Å². The molecule has 1 rings (SSSR count). The van der Waals surface area contributed by atoms with Crippen LogP contribution in [0.3, 0.4) is 0 Å². The summed E-state index contributed by atoms with van der Waals surface area (Å²) in [5.74, 6) is 0.0502. The molecule has 0 amide bonds. The Kier molecular flexibility index (Phi) is 4.16. The van der Waals surface area contributed by atoms with E-state index < -0.39 is 10.0 Å². The number of hydrogen-bond acceptors (Lipinski definition) is 4. The summed E-state index contributed by atoms with van der Waals surface area (Å²) in [6, 6.07) is -0.0976. The third kappa shape index (κ3) is 2.78. The van der Waals surface area contributed by atoms with Gasteiger partial charge in [0.15, 0.2) is 5.82 Å². The van der Waals surface area contributed by atoms with E-state index in [1.165, 1.54) is 15.2 Å². The molecule has 0 bridgehead atoms. The first-order valence-corrected chi connectivity index (χ1v) is 7.05. The van der Waals surface area contributed by atoms with Crippen LogP contribution < -0.4 is 5.73 Å². The Morgan fingerprint density at radius 1 is 1.53 bits per heavy atom. The monoisotopic (exact) mass is 260 g/mol. The number of rotatable bonds is 5. The van der Waals surface area contributed by atoms with Gasteiger partial charge in [0.05, 0.1) is 0 Å². The Morgan fingerprint density at radius 2 is 2.12 bits per heavy atom. The van der Waals surface area contributed by atoms with Gasteiger partial charge in [-0.3, -0.25) is 4.68 Å². The summed E-state index contributed by atoms with van der Waals surface area (Å²) in [5.41, 5.74) is 5.62. The zero-order valence-corrected chi connectivity index (χ0v) is 11.5. The summed E-state index contributed by atoms with van der Waals surface area (Å²) in [4.78, 5) is 0.0853. The molecule has 0 aromatic carbocycles. The molecule has 1 aromatic rings. The molecule has 0 aliphatic carbocycles. The summed E-state index contributed by atoms with van der Waals surface area (Å²) in [6.07, 6.45) is 2.20. The van der Waals surface area contributed by atoms with Gasteiger partial charge in [0.2, 0.25) is 10.0 Å². The van der Waals surface area contributed by atoms with Gasteiger partial charge in [-0.2, -0.15) is 9.40 Å². The second kappa shape index (κ2) is 5.05. The predicted octanol–water partition coefficient (Wildman–Crippen LogP) is 0.811. The molecule has 0 fully saturated rings. The minimum absolute atomic E-state index is 0.0502. The van der Waals surface area contributed by atoms with Crippen LogP contribution in [0.15, 0.2) is 11.1 Å². The highest BCUT2D eigenvalue weighted by Gasteiger charge is 2.29. The van der Waals surface area contributed by atoms with E-state index in [1.54, 1.807) is 7.05 Å². The van der Waals surface area contributed by atoms with Crippen molar-refractivity contribution in [3.8, 4) is 0 Å². The van der Waals surface area contributed by atoms with Crippen molar-refractivity contribution in [2.24, 2.45) is 7.05 Å². The zero-order valence-electron chi connectivity index (χ0n) is 10.7. The zero-order chi connectivity index (χ0) is 13.2. The lowest BCUT2D eigenvalue weighted by Gasteiger charge is -2.24. The number of aromatic nitrogens is 2. The number of aryl methyl sites for hydroxylation is 1. The van der Waals surface area contributed by atoms with Gasteiger partial charge in [-0.1, -0.05) is 6.92 Å². The van der Waals surface area contributed by atoms with Crippen LogP contribution in [0, 0.1) is 0 Å². The average molecular weight is 260 g/mol. The quantitative estimate of drug-likeness (QED) is 0.849. The Hall–Kier alpha value is -1.08. The predicted molar refractivity (Wildman–Crippen MR) is 66.9 cm³/mol. The van der Waals surface area contributed by atoms with Gasteiger partial charge in [-0.05, 0) is 20.3 Å². The molecule has 98 valence electrons. The van der Waals surface area contributed by atoms with Crippen molar-refractivity contribution in [1.82, 2.24) is 14.1 Å². The maximum absolute atomic E-state index is 12.4. The van der Waals surface area contributed by atoms with E-state index >= 15 is 0 Å². The molecule has 7 heteroatoms. The van der Waals surface area contributed by atoms with E-state index in [4.69, 9.17) is 5.73 Å². The van der Waals surface area contributed by atoms with Gasteiger partial charge in [0.25, 0.3) is 0 Å². The minimum atomic E-state index is -3.55. The molecule has 0 aliphatic heterocycles. The molecular formula is C10H20N4O2S. The number of nitrogens with zero attached hydrogens (tertiary/aromatic N) is 3. The number of anilines is 1. The molecule has 0 radical (unpaired) electrons. The topological polar surface area (TPSA) is 81.2 Å². The Morgan fingerprint density at radius 3 is 2.47 bits per heavy atom. The summed E-state index contributed by atoms with van der Waals surface area (Å²) in [6.45, 7) is 6.12. The minimum Gasteiger partial charge on any atom is -0.381 e. The fourth-order valence-electron chi connectivity index (χ4n) is 1.69. The van der Waals surface area contributed by atoms with Gasteiger partial charge in [-0.25, -0.2) is 8.42 Å². The normalized spacial score (nSPS) is 12.6. The lowest BCUT2D eigenvalue weighted by atomic mass is 10.4. The first kappa shape index (κ1) is 14.0. The second-order valence-electron chi connectivity index (χ2n) is 4.26. The SMILES string of the molecule is CCCN(C(C)C)S(=O)(=O)c1cn(C)nc1N. The first-order valence-electron chi connectivity index (χ1n) is 5.61. The van der Waals surface area contributed by atoms with Crippen LogP contribution in [0.1, 0.15) is 27.2 Å². The van der Waals surface area contributed by atoms with Crippen LogP contribution in [-0.4, -0.2) is 35.1 Å². The van der Waals surface area contributed by atoms with Gasteiger partial charge in [-0.15, -0.1) is 0 Å². The van der Waals surface area contributed by atoms with Crippen LogP contribution in [0.2, 0.25) is 0 Å². The lowest BCUT2D eigenvalue weighted by Crippen LogP contribution is -2.37. The van der Waals surface area contributed by atoms with Crippen molar-refractivity contribution >= 4 is 15.8 Å². The molecule has 0 unspecified atom stereocenters. The van der Waals surface area contributed by atoms with Crippen LogP contribution in [0.25, 0.3) is 0 Å². The third-order valence-corrected chi connectivity index (χ3v) is 4.52.